The van der Waals surface area contributed by atoms with Crippen molar-refractivity contribution >= 4 is 18.1 Å². The largest absolute Gasteiger partial charge is 0.461 e. The van der Waals surface area contributed by atoms with Gasteiger partial charge in [-0.1, -0.05) is 36.8 Å². The standard InChI is InChI=1S/C20H25N5O2S/c1-3-23(13-16-7-4-6-15(2)12-16)14-25-20(28)24(10-9-18(21)26)19(22-25)17-8-5-11-27-17/h4-8,11-12H,3,9-10,13-14H2,1-2H3,(H2,21,26). The zero-order chi connectivity index (χ0) is 20.1. The van der Waals surface area contributed by atoms with Crippen molar-refractivity contribution < 1.29 is 9.21 Å². The van der Waals surface area contributed by atoms with E-state index in [9.17, 15) is 4.79 Å². The Labute approximate surface area is 169 Å². The monoisotopic (exact) mass is 399 g/mol. The van der Waals surface area contributed by atoms with Crippen LogP contribution in [0.1, 0.15) is 24.5 Å². The minimum absolute atomic E-state index is 0.189. The number of nitrogens with zero attached hydrogens (tertiary/aromatic N) is 4. The maximum Gasteiger partial charge on any atom is 0.219 e. The molecule has 148 valence electrons. The average molecular weight is 400 g/mol. The number of furan rings is 1. The summed E-state index contributed by atoms with van der Waals surface area (Å²) in [7, 11) is 0. The molecule has 0 radical (unpaired) electrons. The molecule has 2 heterocycles. The van der Waals surface area contributed by atoms with E-state index in [4.69, 9.17) is 22.4 Å². The maximum absolute atomic E-state index is 11.3. The molecule has 1 aromatic carbocycles. The number of amides is 1. The smallest absolute Gasteiger partial charge is 0.219 e. The van der Waals surface area contributed by atoms with Crippen LogP contribution < -0.4 is 5.73 Å². The predicted octanol–water partition coefficient (Wildman–Crippen LogP) is 3.34. The predicted molar refractivity (Wildman–Crippen MR) is 110 cm³/mol. The minimum Gasteiger partial charge on any atom is -0.461 e. The summed E-state index contributed by atoms with van der Waals surface area (Å²) in [4.78, 5) is 13.5. The third-order valence-corrected chi connectivity index (χ3v) is 4.95. The fourth-order valence-corrected chi connectivity index (χ4v) is 3.34. The molecule has 3 rings (SSSR count). The molecule has 0 aliphatic carbocycles. The Morgan fingerprint density at radius 1 is 1.32 bits per heavy atom. The number of nitrogens with two attached hydrogens (primary N) is 1. The highest BCUT2D eigenvalue weighted by molar-refractivity contribution is 7.71. The lowest BCUT2D eigenvalue weighted by Gasteiger charge is -2.20. The van der Waals surface area contributed by atoms with Crippen molar-refractivity contribution in [3.05, 3.63) is 58.6 Å². The second-order valence-electron chi connectivity index (χ2n) is 6.73. The highest BCUT2D eigenvalue weighted by atomic mass is 32.1. The van der Waals surface area contributed by atoms with Crippen LogP contribution in [0, 0.1) is 11.7 Å². The lowest BCUT2D eigenvalue weighted by molar-refractivity contribution is -0.118. The van der Waals surface area contributed by atoms with E-state index in [0.717, 1.165) is 13.1 Å². The SMILES string of the molecule is CCN(Cc1cccc(C)c1)Cn1nc(-c2ccco2)n(CCC(N)=O)c1=S. The van der Waals surface area contributed by atoms with Crippen molar-refractivity contribution in [1.82, 2.24) is 19.2 Å². The van der Waals surface area contributed by atoms with Gasteiger partial charge in [0, 0.05) is 19.5 Å². The Morgan fingerprint density at radius 2 is 2.14 bits per heavy atom. The van der Waals surface area contributed by atoms with Gasteiger partial charge in [0.25, 0.3) is 0 Å². The number of carbonyl (C=O) groups excluding carboxylic acids is 1. The highest BCUT2D eigenvalue weighted by Gasteiger charge is 2.17. The first-order chi connectivity index (χ1) is 13.5. The van der Waals surface area contributed by atoms with Crippen molar-refractivity contribution in [2.24, 2.45) is 5.73 Å². The van der Waals surface area contributed by atoms with Crippen LogP contribution in [0.3, 0.4) is 0 Å². The van der Waals surface area contributed by atoms with E-state index in [2.05, 4.69) is 48.1 Å². The molecule has 0 atom stereocenters. The fourth-order valence-electron chi connectivity index (χ4n) is 3.06. The van der Waals surface area contributed by atoms with E-state index < -0.39 is 0 Å². The van der Waals surface area contributed by atoms with Gasteiger partial charge in [-0.15, -0.1) is 5.10 Å². The Morgan fingerprint density at radius 3 is 2.79 bits per heavy atom. The van der Waals surface area contributed by atoms with Gasteiger partial charge in [0.15, 0.2) is 16.4 Å². The van der Waals surface area contributed by atoms with Crippen LogP contribution >= 0.6 is 12.2 Å². The molecule has 0 unspecified atom stereocenters. The van der Waals surface area contributed by atoms with Gasteiger partial charge in [0.1, 0.15) is 0 Å². The van der Waals surface area contributed by atoms with Crippen molar-refractivity contribution in [3.63, 3.8) is 0 Å². The van der Waals surface area contributed by atoms with E-state index >= 15 is 0 Å². The van der Waals surface area contributed by atoms with Gasteiger partial charge in [0.2, 0.25) is 5.91 Å². The van der Waals surface area contributed by atoms with Crippen LogP contribution in [0.5, 0.6) is 0 Å². The topological polar surface area (TPSA) is 82.2 Å². The third kappa shape index (κ3) is 4.76. The lowest BCUT2D eigenvalue weighted by atomic mass is 10.1. The second kappa shape index (κ2) is 8.99. The summed E-state index contributed by atoms with van der Waals surface area (Å²) in [6.45, 7) is 6.75. The molecular formula is C20H25N5O2S. The molecule has 7 nitrogen and oxygen atoms in total. The molecule has 0 spiro atoms. The van der Waals surface area contributed by atoms with Gasteiger partial charge in [-0.2, -0.15) is 0 Å². The second-order valence-corrected chi connectivity index (χ2v) is 7.09. The summed E-state index contributed by atoms with van der Waals surface area (Å²) >= 11 is 5.63. The van der Waals surface area contributed by atoms with Crippen LogP contribution in [0.15, 0.2) is 47.1 Å². The van der Waals surface area contributed by atoms with Crippen LogP contribution in [0.2, 0.25) is 0 Å². The number of carbonyl (C=O) groups is 1. The summed E-state index contributed by atoms with van der Waals surface area (Å²) in [6, 6.07) is 12.1. The molecule has 3 aromatic rings. The zero-order valence-electron chi connectivity index (χ0n) is 16.2. The quantitative estimate of drug-likeness (QED) is 0.558. The molecule has 1 amide bonds. The van der Waals surface area contributed by atoms with Crippen LogP contribution in [-0.2, 0) is 24.6 Å². The summed E-state index contributed by atoms with van der Waals surface area (Å²) in [6.07, 6.45) is 1.78. The van der Waals surface area contributed by atoms with Crippen molar-refractivity contribution in [2.75, 3.05) is 6.54 Å². The molecule has 0 bridgehead atoms. The first-order valence-corrected chi connectivity index (χ1v) is 9.66. The maximum atomic E-state index is 11.3. The van der Waals surface area contributed by atoms with Gasteiger partial charge >= 0.3 is 0 Å². The molecule has 2 N–H and O–H groups in total. The van der Waals surface area contributed by atoms with Crippen LogP contribution in [0.4, 0.5) is 0 Å². The molecule has 0 saturated heterocycles. The van der Waals surface area contributed by atoms with Gasteiger partial charge in [0.05, 0.1) is 12.9 Å². The van der Waals surface area contributed by atoms with E-state index in [0.29, 0.717) is 29.6 Å². The molecule has 0 fully saturated rings. The normalized spacial score (nSPS) is 11.2. The lowest BCUT2D eigenvalue weighted by Crippen LogP contribution is -2.26. The number of aromatic nitrogens is 3. The summed E-state index contributed by atoms with van der Waals surface area (Å²) < 4.78 is 9.62. The number of hydrogen-bond donors (Lipinski definition) is 1. The zero-order valence-corrected chi connectivity index (χ0v) is 17.0. The van der Waals surface area contributed by atoms with E-state index in [1.165, 1.54) is 11.1 Å². The molecular weight excluding hydrogens is 374 g/mol. The van der Waals surface area contributed by atoms with Crippen LogP contribution in [-0.4, -0.2) is 31.7 Å². The number of aryl methyl sites for hydroxylation is 1. The van der Waals surface area contributed by atoms with Crippen molar-refractivity contribution in [3.8, 4) is 11.6 Å². The minimum atomic E-state index is -0.380. The Balaban J connectivity index is 1.87. The molecule has 28 heavy (non-hydrogen) atoms. The summed E-state index contributed by atoms with van der Waals surface area (Å²) in [5, 5.41) is 4.67. The third-order valence-electron chi connectivity index (χ3n) is 4.52. The fraction of sp³-hybridized carbons (Fsp3) is 0.350. The molecule has 8 heteroatoms. The molecule has 0 aliphatic rings. The van der Waals surface area contributed by atoms with Crippen LogP contribution in [0.25, 0.3) is 11.6 Å². The Hall–Kier alpha value is -2.71. The Bertz CT molecular complexity index is 990. The highest BCUT2D eigenvalue weighted by Crippen LogP contribution is 2.20. The van der Waals surface area contributed by atoms with Crippen molar-refractivity contribution in [2.45, 2.75) is 40.0 Å². The van der Waals surface area contributed by atoms with Gasteiger partial charge in [-0.25, -0.2) is 4.68 Å². The molecule has 2 aromatic heterocycles. The summed E-state index contributed by atoms with van der Waals surface area (Å²) in [5.41, 5.74) is 7.80. The first-order valence-electron chi connectivity index (χ1n) is 9.25. The average Bonchev–Trinajstić information content (AvgIpc) is 3.28. The number of hydrogen-bond acceptors (Lipinski definition) is 5. The van der Waals surface area contributed by atoms with Gasteiger partial charge in [-0.3, -0.25) is 14.3 Å². The van der Waals surface area contributed by atoms with E-state index in [1.807, 2.05) is 6.07 Å². The first kappa shape index (κ1) is 20.0. The molecule has 0 saturated carbocycles. The van der Waals surface area contributed by atoms with Crippen molar-refractivity contribution in [1.29, 1.82) is 0 Å². The van der Waals surface area contributed by atoms with Gasteiger partial charge < -0.3 is 10.2 Å². The van der Waals surface area contributed by atoms with E-state index in [1.54, 1.807) is 21.6 Å². The summed E-state index contributed by atoms with van der Waals surface area (Å²) in [5.74, 6) is 0.827. The number of benzene rings is 1. The number of rotatable bonds is 9. The number of primary amides is 1. The Kier molecular flexibility index (Phi) is 6.43. The van der Waals surface area contributed by atoms with Gasteiger partial charge in [-0.05, 0) is 43.4 Å². The molecule has 0 aliphatic heterocycles. The van der Waals surface area contributed by atoms with E-state index in [-0.39, 0.29) is 12.3 Å².